The first-order valence-electron chi connectivity index (χ1n) is 4.61. The second kappa shape index (κ2) is 3.61. The number of carbonyl (C=O) groups is 2. The highest BCUT2D eigenvalue weighted by Crippen LogP contribution is 2.24. The van der Waals surface area contributed by atoms with E-state index in [0.29, 0.717) is 6.42 Å². The molecule has 0 saturated heterocycles. The molecule has 0 aromatic heterocycles. The molecule has 5 nitrogen and oxygen atoms in total. The molecule has 5 heteroatoms. The molecule has 1 aliphatic heterocycles. The van der Waals surface area contributed by atoms with E-state index < -0.39 is 18.0 Å². The maximum Gasteiger partial charge on any atom is 0.318 e. The number of carbonyl (C=O) groups excluding carboxylic acids is 2. The molecule has 0 unspecified atom stereocenters. The third-order valence-corrected chi connectivity index (χ3v) is 2.33. The smallest absolute Gasteiger partial charge is 0.318 e. The van der Waals surface area contributed by atoms with Crippen molar-refractivity contribution in [2.24, 2.45) is 5.73 Å². The summed E-state index contributed by atoms with van der Waals surface area (Å²) in [5, 5.41) is 5.08. The summed E-state index contributed by atoms with van der Waals surface area (Å²) in [7, 11) is 0. The lowest BCUT2D eigenvalue weighted by Crippen LogP contribution is -2.44. The molecule has 2 rings (SSSR count). The molecule has 1 aromatic rings. The molecule has 4 N–H and O–H groups in total. The van der Waals surface area contributed by atoms with Crippen LogP contribution in [0, 0.1) is 0 Å². The van der Waals surface area contributed by atoms with Crippen molar-refractivity contribution in [1.82, 2.24) is 5.32 Å². The van der Waals surface area contributed by atoms with E-state index in [0.717, 1.165) is 11.3 Å². The molecule has 0 spiro atoms. The molecule has 1 aromatic carbocycles. The molecule has 0 aliphatic carbocycles. The number of fused-ring (bicyclic) bond motifs is 1. The number of primary amides is 1. The van der Waals surface area contributed by atoms with Gasteiger partial charge in [0.1, 0.15) is 6.04 Å². The molecule has 15 heavy (non-hydrogen) atoms. The van der Waals surface area contributed by atoms with Crippen molar-refractivity contribution in [3.63, 3.8) is 0 Å². The van der Waals surface area contributed by atoms with Crippen molar-refractivity contribution < 1.29 is 9.59 Å². The number of nitrogens with one attached hydrogen (secondary N) is 2. The molecular weight excluding hydrogens is 194 g/mol. The summed E-state index contributed by atoms with van der Waals surface area (Å²) in [6.07, 6.45) is 0.579. The van der Waals surface area contributed by atoms with Gasteiger partial charge in [-0.3, -0.25) is 10.1 Å². The standard InChI is InChI=1S/C10H11N3O2/c11-10(15)13-9(14)8-5-6-3-1-2-4-7(6)12-8/h1-4,8,12H,5H2,(H3,11,13,14,15)/t8-/m0/s1. The highest BCUT2D eigenvalue weighted by molar-refractivity contribution is 5.98. The van der Waals surface area contributed by atoms with Crippen LogP contribution >= 0.6 is 0 Å². The summed E-state index contributed by atoms with van der Waals surface area (Å²) >= 11 is 0. The summed E-state index contributed by atoms with van der Waals surface area (Å²) in [4.78, 5) is 22.0. The van der Waals surface area contributed by atoms with Gasteiger partial charge < -0.3 is 11.1 Å². The fourth-order valence-electron chi connectivity index (χ4n) is 1.66. The number of urea groups is 1. The SMILES string of the molecule is NC(=O)NC(=O)[C@@H]1Cc2ccccc2N1. The van der Waals surface area contributed by atoms with Gasteiger partial charge in [-0.05, 0) is 11.6 Å². The Morgan fingerprint density at radius 1 is 1.40 bits per heavy atom. The van der Waals surface area contributed by atoms with Crippen molar-refractivity contribution in [2.75, 3.05) is 5.32 Å². The second-order valence-electron chi connectivity index (χ2n) is 3.41. The number of amides is 3. The minimum Gasteiger partial charge on any atom is -0.373 e. The van der Waals surface area contributed by atoms with Crippen LogP contribution in [0.2, 0.25) is 0 Å². The molecule has 3 amide bonds. The van der Waals surface area contributed by atoms with Gasteiger partial charge >= 0.3 is 6.03 Å². The van der Waals surface area contributed by atoms with E-state index >= 15 is 0 Å². The lowest BCUT2D eigenvalue weighted by Gasteiger charge is -2.09. The molecular formula is C10H11N3O2. The lowest BCUT2D eigenvalue weighted by molar-refractivity contribution is -0.120. The Kier molecular flexibility index (Phi) is 2.29. The first-order valence-corrected chi connectivity index (χ1v) is 4.61. The predicted octanol–water partition coefficient (Wildman–Crippen LogP) is 0.218. The van der Waals surface area contributed by atoms with Crippen molar-refractivity contribution in [3.05, 3.63) is 29.8 Å². The summed E-state index contributed by atoms with van der Waals surface area (Å²) < 4.78 is 0. The topological polar surface area (TPSA) is 84.2 Å². The van der Waals surface area contributed by atoms with Gasteiger partial charge in [0.25, 0.3) is 5.91 Å². The predicted molar refractivity (Wildman–Crippen MR) is 55.3 cm³/mol. The van der Waals surface area contributed by atoms with Crippen LogP contribution in [0.3, 0.4) is 0 Å². The van der Waals surface area contributed by atoms with Crippen LogP contribution in [0.4, 0.5) is 10.5 Å². The van der Waals surface area contributed by atoms with Crippen LogP contribution < -0.4 is 16.4 Å². The van der Waals surface area contributed by atoms with Gasteiger partial charge in [0.2, 0.25) is 0 Å². The molecule has 1 atom stereocenters. The zero-order chi connectivity index (χ0) is 10.8. The van der Waals surface area contributed by atoms with Crippen molar-refractivity contribution in [2.45, 2.75) is 12.5 Å². The van der Waals surface area contributed by atoms with E-state index in [9.17, 15) is 9.59 Å². The van der Waals surface area contributed by atoms with Gasteiger partial charge in [0.15, 0.2) is 0 Å². The van der Waals surface area contributed by atoms with E-state index in [1.807, 2.05) is 24.3 Å². The monoisotopic (exact) mass is 205 g/mol. The highest BCUT2D eigenvalue weighted by atomic mass is 16.2. The van der Waals surface area contributed by atoms with E-state index in [2.05, 4.69) is 10.6 Å². The highest BCUT2D eigenvalue weighted by Gasteiger charge is 2.26. The maximum absolute atomic E-state index is 11.4. The molecule has 0 fully saturated rings. The summed E-state index contributed by atoms with van der Waals surface area (Å²) in [6, 6.07) is 6.41. The largest absolute Gasteiger partial charge is 0.373 e. The zero-order valence-corrected chi connectivity index (χ0v) is 7.99. The van der Waals surface area contributed by atoms with E-state index in [1.54, 1.807) is 0 Å². The number of hydrogen-bond donors (Lipinski definition) is 3. The summed E-state index contributed by atoms with van der Waals surface area (Å²) in [5.41, 5.74) is 6.87. The number of anilines is 1. The summed E-state index contributed by atoms with van der Waals surface area (Å²) in [5.74, 6) is -0.390. The molecule has 1 aliphatic rings. The van der Waals surface area contributed by atoms with E-state index in [-0.39, 0.29) is 0 Å². The third kappa shape index (κ3) is 1.90. The average molecular weight is 205 g/mol. The normalized spacial score (nSPS) is 17.7. The Morgan fingerprint density at radius 2 is 2.13 bits per heavy atom. The van der Waals surface area contributed by atoms with Gasteiger partial charge in [-0.1, -0.05) is 18.2 Å². The Labute approximate surface area is 86.6 Å². The lowest BCUT2D eigenvalue weighted by atomic mass is 10.1. The van der Waals surface area contributed by atoms with E-state index in [1.165, 1.54) is 0 Å². The Hall–Kier alpha value is -2.04. The van der Waals surface area contributed by atoms with Gasteiger partial charge in [0, 0.05) is 12.1 Å². The third-order valence-electron chi connectivity index (χ3n) is 2.33. The maximum atomic E-state index is 11.4. The van der Waals surface area contributed by atoms with Gasteiger partial charge in [0.05, 0.1) is 0 Å². The summed E-state index contributed by atoms with van der Waals surface area (Å²) in [6.45, 7) is 0. The van der Waals surface area contributed by atoms with Gasteiger partial charge in [-0.25, -0.2) is 4.79 Å². The molecule has 0 bridgehead atoms. The number of hydrogen-bond acceptors (Lipinski definition) is 3. The average Bonchev–Trinajstić information content (AvgIpc) is 2.59. The first-order chi connectivity index (χ1) is 7.16. The van der Waals surface area contributed by atoms with Crippen LogP contribution in [-0.4, -0.2) is 18.0 Å². The number of rotatable bonds is 1. The molecule has 78 valence electrons. The minimum atomic E-state index is -0.822. The van der Waals surface area contributed by atoms with Crippen LogP contribution in [0.15, 0.2) is 24.3 Å². The fourth-order valence-corrected chi connectivity index (χ4v) is 1.66. The van der Waals surface area contributed by atoms with E-state index in [4.69, 9.17) is 5.73 Å². The van der Waals surface area contributed by atoms with Crippen LogP contribution in [-0.2, 0) is 11.2 Å². The van der Waals surface area contributed by atoms with Crippen molar-refractivity contribution >= 4 is 17.6 Å². The Morgan fingerprint density at radius 3 is 2.80 bits per heavy atom. The quantitative estimate of drug-likeness (QED) is 0.613. The van der Waals surface area contributed by atoms with Crippen molar-refractivity contribution in [1.29, 1.82) is 0 Å². The van der Waals surface area contributed by atoms with Gasteiger partial charge in [-0.15, -0.1) is 0 Å². The van der Waals surface area contributed by atoms with Crippen LogP contribution in [0.5, 0.6) is 0 Å². The number of imide groups is 1. The molecule has 0 saturated carbocycles. The first kappa shape index (κ1) is 9.51. The number of para-hydroxylation sites is 1. The second-order valence-corrected chi connectivity index (χ2v) is 3.41. The Bertz CT molecular complexity index is 392. The Balaban J connectivity index is 2.07. The number of nitrogens with two attached hydrogens (primary N) is 1. The van der Waals surface area contributed by atoms with Gasteiger partial charge in [-0.2, -0.15) is 0 Å². The molecule has 1 heterocycles. The van der Waals surface area contributed by atoms with Crippen LogP contribution in [0.25, 0.3) is 0 Å². The van der Waals surface area contributed by atoms with Crippen molar-refractivity contribution in [3.8, 4) is 0 Å². The van der Waals surface area contributed by atoms with Crippen LogP contribution in [0.1, 0.15) is 5.56 Å². The minimum absolute atomic E-state index is 0.390. The molecule has 0 radical (unpaired) electrons. The zero-order valence-electron chi connectivity index (χ0n) is 7.99. The fraction of sp³-hybridized carbons (Fsp3) is 0.200. The number of benzene rings is 1.